The first-order valence-corrected chi connectivity index (χ1v) is 10.8. The summed E-state index contributed by atoms with van der Waals surface area (Å²) in [5.41, 5.74) is 4.73. The SMILES string of the molecule is CCNc1cc2oc3c[c](=[Ni])ccc-3nc2cc1C.[CH2-]C.[CH2-]COCCOCCOC. The number of nitrogens with one attached hydrogen (secondary N) is 1. The first-order chi connectivity index (χ1) is 15.1. The Morgan fingerprint density at radius 1 is 1.06 bits per heavy atom. The third-order valence-electron chi connectivity index (χ3n) is 3.98. The topological polar surface area (TPSA) is 65.8 Å². The van der Waals surface area contributed by atoms with E-state index in [1.165, 1.54) is 5.56 Å². The number of fused-ring (bicyclic) bond motifs is 2. The molecular formula is C24H34N2NiO4-2. The van der Waals surface area contributed by atoms with Crippen LogP contribution in [0.4, 0.5) is 5.69 Å². The van der Waals surface area contributed by atoms with E-state index in [0.717, 1.165) is 38.9 Å². The molecule has 0 bridgehead atoms. The number of nitrogens with zero attached hydrogens (tertiary/aromatic N) is 1. The van der Waals surface area contributed by atoms with Gasteiger partial charge in [-0.15, -0.1) is 0 Å². The van der Waals surface area contributed by atoms with Gasteiger partial charge in [-0.2, -0.15) is 6.92 Å². The van der Waals surface area contributed by atoms with E-state index < -0.39 is 0 Å². The minimum absolute atomic E-state index is 0.508. The Morgan fingerprint density at radius 3 is 2.45 bits per heavy atom. The summed E-state index contributed by atoms with van der Waals surface area (Å²) in [5.74, 6) is 0.738. The van der Waals surface area contributed by atoms with Crippen molar-refractivity contribution in [1.82, 2.24) is 4.98 Å². The van der Waals surface area contributed by atoms with Crippen LogP contribution in [0.15, 0.2) is 34.7 Å². The molecule has 1 N–H and O–H groups in total. The van der Waals surface area contributed by atoms with Crippen molar-refractivity contribution in [2.45, 2.75) is 20.8 Å². The van der Waals surface area contributed by atoms with Crippen molar-refractivity contribution in [3.05, 3.63) is 53.9 Å². The van der Waals surface area contributed by atoms with Gasteiger partial charge >= 0.3 is 118 Å². The third-order valence-corrected chi connectivity index (χ3v) is 4.29. The molecule has 1 aliphatic heterocycles. The fraction of sp³-hybridized carbons (Fsp3) is 0.417. The minimum Gasteiger partial charge on any atom is -0.411 e. The molecular weight excluding hydrogens is 439 g/mol. The van der Waals surface area contributed by atoms with Gasteiger partial charge in [-0.05, 0) is 0 Å². The smallest absolute Gasteiger partial charge is 0.0701 e. The van der Waals surface area contributed by atoms with Gasteiger partial charge in [0.1, 0.15) is 0 Å². The van der Waals surface area contributed by atoms with Crippen molar-refractivity contribution >= 4 is 16.8 Å². The molecule has 7 heteroatoms. The molecule has 0 fully saturated rings. The van der Waals surface area contributed by atoms with E-state index >= 15 is 0 Å². The standard InChI is InChI=1S/C15H14N2O.C7H15O3.C2H5.Ni/c1-3-16-12-9-15-13(8-10(12)2)17-11-6-4-5-7-14(11)18-15;1-3-9-6-7-10-5-4-8-2;1-2;/h4,6-9,16H,3H2,1-2H3;1,3-7H2,2H3;1H2,2H3;/q;2*-1;. The van der Waals surface area contributed by atoms with E-state index in [0.29, 0.717) is 33.0 Å². The molecule has 1 aromatic carbocycles. The van der Waals surface area contributed by atoms with Crippen molar-refractivity contribution in [3.63, 3.8) is 0 Å². The van der Waals surface area contributed by atoms with E-state index in [4.69, 9.17) is 33.7 Å². The fourth-order valence-electron chi connectivity index (χ4n) is 2.58. The molecule has 6 nitrogen and oxygen atoms in total. The summed E-state index contributed by atoms with van der Waals surface area (Å²) in [4.78, 5) is 4.62. The molecule has 0 saturated heterocycles. The molecule has 1 aliphatic carbocycles. The molecule has 0 unspecified atom stereocenters. The Labute approximate surface area is 193 Å². The maximum atomic E-state index is 5.91. The zero-order chi connectivity index (χ0) is 23.1. The average Bonchev–Trinajstić information content (AvgIpc) is 2.78. The molecule has 176 valence electrons. The van der Waals surface area contributed by atoms with Gasteiger partial charge in [0.05, 0.1) is 26.4 Å². The van der Waals surface area contributed by atoms with Gasteiger partial charge in [0, 0.05) is 7.11 Å². The van der Waals surface area contributed by atoms with Crippen LogP contribution in [0.5, 0.6) is 0 Å². The molecule has 0 aromatic heterocycles. The fourth-order valence-corrected chi connectivity index (χ4v) is 2.80. The molecule has 31 heavy (non-hydrogen) atoms. The summed E-state index contributed by atoms with van der Waals surface area (Å²) < 4.78 is 21.5. The van der Waals surface area contributed by atoms with Crippen molar-refractivity contribution in [1.29, 1.82) is 0 Å². The summed E-state index contributed by atoms with van der Waals surface area (Å²) in [6.45, 7) is 16.6. The van der Waals surface area contributed by atoms with Gasteiger partial charge in [-0.3, -0.25) is 0 Å². The van der Waals surface area contributed by atoms with E-state index in [9.17, 15) is 0 Å². The Balaban J connectivity index is 0.000000343. The molecule has 2 aliphatic rings. The number of benzene rings is 2. The molecule has 0 radical (unpaired) electrons. The number of hydrogen-bond acceptors (Lipinski definition) is 6. The van der Waals surface area contributed by atoms with E-state index in [1.807, 2.05) is 30.3 Å². The molecule has 0 spiro atoms. The van der Waals surface area contributed by atoms with Crippen LogP contribution < -0.4 is 5.32 Å². The number of ether oxygens (including phenoxy) is 3. The van der Waals surface area contributed by atoms with Crippen LogP contribution in [-0.2, 0) is 29.2 Å². The molecule has 0 atom stereocenters. The second-order valence-electron chi connectivity index (χ2n) is 6.17. The number of methoxy groups -OCH3 is 1. The molecule has 1 aromatic rings. The van der Waals surface area contributed by atoms with Gasteiger partial charge in [0.25, 0.3) is 0 Å². The summed E-state index contributed by atoms with van der Waals surface area (Å²) in [7, 11) is 1.65. The number of rotatable bonds is 9. The maximum Gasteiger partial charge on any atom is 0.0701 e. The quantitative estimate of drug-likeness (QED) is 0.202. The minimum atomic E-state index is 0.508. The van der Waals surface area contributed by atoms with Crippen LogP contribution in [-0.4, -0.2) is 51.7 Å². The van der Waals surface area contributed by atoms with Gasteiger partial charge in [-0.25, -0.2) is 0 Å². The molecule has 1 heterocycles. The summed E-state index contributed by atoms with van der Waals surface area (Å²) in [6, 6.07) is 9.69. The van der Waals surface area contributed by atoms with Crippen LogP contribution in [0, 0.1) is 24.9 Å². The first kappa shape index (κ1) is 27.2. The second kappa shape index (κ2) is 15.9. The number of anilines is 1. The Morgan fingerprint density at radius 2 is 1.77 bits per heavy atom. The van der Waals surface area contributed by atoms with E-state index in [2.05, 4.69) is 38.0 Å². The van der Waals surface area contributed by atoms with Gasteiger partial charge in [0.15, 0.2) is 0 Å². The van der Waals surface area contributed by atoms with Crippen LogP contribution in [0.2, 0.25) is 0 Å². The normalized spacial score (nSPS) is 10.3. The maximum absolute atomic E-state index is 5.91. The Kier molecular flexibility index (Phi) is 14.0. The first-order valence-electron chi connectivity index (χ1n) is 10.3. The molecule has 0 saturated carbocycles. The zero-order valence-corrected chi connectivity index (χ0v) is 19.9. The van der Waals surface area contributed by atoms with Crippen LogP contribution in [0.25, 0.3) is 22.6 Å². The van der Waals surface area contributed by atoms with Crippen molar-refractivity contribution in [2.24, 2.45) is 0 Å². The number of hydrogen-bond donors (Lipinski definition) is 1. The average molecular weight is 473 g/mol. The predicted molar refractivity (Wildman–Crippen MR) is 123 cm³/mol. The Hall–Kier alpha value is -1.79. The van der Waals surface area contributed by atoms with Gasteiger partial charge < -0.3 is 28.1 Å². The van der Waals surface area contributed by atoms with Crippen LogP contribution in [0.3, 0.4) is 0 Å². The van der Waals surface area contributed by atoms with Crippen LogP contribution in [0.1, 0.15) is 19.4 Å². The summed E-state index contributed by atoms with van der Waals surface area (Å²) in [6.07, 6.45) is 0. The Bertz CT molecular complexity index is 906. The van der Waals surface area contributed by atoms with Crippen molar-refractivity contribution in [2.75, 3.05) is 52.0 Å². The molecule has 0 amide bonds. The third kappa shape index (κ3) is 9.48. The van der Waals surface area contributed by atoms with Crippen LogP contribution >= 0.6 is 0 Å². The second-order valence-corrected chi connectivity index (χ2v) is 6.74. The zero-order valence-electron chi connectivity index (χ0n) is 18.9. The summed E-state index contributed by atoms with van der Waals surface area (Å²) in [5, 5.41) is 3.32. The largest absolute Gasteiger partial charge is 0.411 e. The predicted octanol–water partition coefficient (Wildman–Crippen LogP) is 5.09. The van der Waals surface area contributed by atoms with Gasteiger partial charge in [0.2, 0.25) is 0 Å². The van der Waals surface area contributed by atoms with Gasteiger partial charge in [-0.1, -0.05) is 6.61 Å². The van der Waals surface area contributed by atoms with Crippen molar-refractivity contribution < 1.29 is 33.7 Å². The number of aromatic nitrogens is 1. The van der Waals surface area contributed by atoms with Crippen molar-refractivity contribution in [3.8, 4) is 11.5 Å². The summed E-state index contributed by atoms with van der Waals surface area (Å²) >= 11 is 4.84. The van der Waals surface area contributed by atoms with E-state index in [-0.39, 0.29) is 0 Å². The number of aryl methyl sites for hydroxylation is 1. The monoisotopic (exact) mass is 472 g/mol. The van der Waals surface area contributed by atoms with E-state index in [1.54, 1.807) is 14.0 Å². The molecule has 3 rings (SSSR count).